The number of likely N-dealkylation sites (N-methyl/N-ethyl adjacent to an activating group) is 1. The Balaban J connectivity index is 0.00000176. The van der Waals surface area contributed by atoms with Crippen LogP contribution < -0.4 is 0 Å². The summed E-state index contributed by atoms with van der Waals surface area (Å²) in [4.78, 5) is 22.4. The van der Waals surface area contributed by atoms with Crippen LogP contribution in [0.15, 0.2) is 39.5 Å². The molecule has 0 saturated heterocycles. The molecule has 0 radical (unpaired) electrons. The van der Waals surface area contributed by atoms with E-state index < -0.39 is 0 Å². The number of nitrogens with zero attached hydrogens (tertiary/aromatic N) is 4. The molecule has 0 fully saturated rings. The number of amides is 1. The molecule has 3 heterocycles. The Morgan fingerprint density at radius 2 is 2.14 bits per heavy atom. The maximum atomic E-state index is 12.1. The van der Waals surface area contributed by atoms with Gasteiger partial charge in [-0.1, -0.05) is 0 Å². The number of pyridine rings is 1. The molecule has 0 saturated carbocycles. The lowest BCUT2D eigenvalue weighted by atomic mass is 10.4. The van der Waals surface area contributed by atoms with E-state index in [0.29, 0.717) is 21.9 Å². The second-order valence-electron chi connectivity index (χ2n) is 4.76. The number of carbonyl (C=O) groups is 1. The Morgan fingerprint density at radius 3 is 2.77 bits per heavy atom. The lowest BCUT2D eigenvalue weighted by Crippen LogP contribution is -2.26. The van der Waals surface area contributed by atoms with Crippen molar-refractivity contribution in [2.75, 3.05) is 14.1 Å². The Morgan fingerprint density at radius 1 is 1.36 bits per heavy atom. The molecule has 8 heteroatoms. The molecule has 0 unspecified atom stereocenters. The van der Waals surface area contributed by atoms with Crippen molar-refractivity contribution in [3.8, 4) is 11.6 Å². The molecule has 0 aromatic carbocycles. The summed E-state index contributed by atoms with van der Waals surface area (Å²) in [5, 5.41) is 0. The van der Waals surface area contributed by atoms with Crippen molar-refractivity contribution in [3.63, 3.8) is 0 Å². The van der Waals surface area contributed by atoms with Gasteiger partial charge in [0.2, 0.25) is 5.91 Å². The van der Waals surface area contributed by atoms with Crippen LogP contribution in [0.5, 0.6) is 0 Å². The third-order valence-electron chi connectivity index (χ3n) is 3.09. The van der Waals surface area contributed by atoms with Gasteiger partial charge in [-0.25, -0.2) is 9.97 Å². The van der Waals surface area contributed by atoms with Gasteiger partial charge < -0.3 is 14.8 Å². The maximum Gasteiger partial charge on any atom is 0.242 e. The minimum Gasteiger partial charge on any atom is -0.446 e. The van der Waals surface area contributed by atoms with Gasteiger partial charge in [0, 0.05) is 20.3 Å². The van der Waals surface area contributed by atoms with Gasteiger partial charge in [0.15, 0.2) is 21.9 Å². The summed E-state index contributed by atoms with van der Waals surface area (Å²) in [6.07, 6.45) is 1.68. The summed E-state index contributed by atoms with van der Waals surface area (Å²) in [5.41, 5.74) is 1.39. The average molecular weight is 367 g/mol. The molecule has 116 valence electrons. The van der Waals surface area contributed by atoms with E-state index in [9.17, 15) is 4.79 Å². The van der Waals surface area contributed by atoms with Gasteiger partial charge in [-0.2, -0.15) is 0 Å². The predicted octanol–water partition coefficient (Wildman–Crippen LogP) is 1.72. The molecule has 0 atom stereocenters. The smallest absolute Gasteiger partial charge is 0.242 e. The third-order valence-corrected chi connectivity index (χ3v) is 3.52. The normalized spacial score (nSPS) is 10.5. The Bertz CT molecular complexity index is 809. The first-order valence-electron chi connectivity index (χ1n) is 6.33. The van der Waals surface area contributed by atoms with E-state index in [2.05, 4.69) is 25.9 Å². The summed E-state index contributed by atoms with van der Waals surface area (Å²) in [5.74, 6) is 1.14. The lowest BCUT2D eigenvalue weighted by molar-refractivity contribution is -0.129. The van der Waals surface area contributed by atoms with Crippen LogP contribution in [0.2, 0.25) is 0 Å². The zero-order chi connectivity index (χ0) is 15.0. The molecular weight excluding hydrogens is 352 g/mol. The highest BCUT2D eigenvalue weighted by atomic mass is 79.9. The number of aromatic nitrogens is 3. The Hall–Kier alpha value is -2.19. The quantitative estimate of drug-likeness (QED) is 0.704. The summed E-state index contributed by atoms with van der Waals surface area (Å²) in [7, 11) is 3.44. The molecule has 1 amide bonds. The fourth-order valence-corrected chi connectivity index (χ4v) is 2.31. The van der Waals surface area contributed by atoms with Crippen molar-refractivity contribution < 1.29 is 14.7 Å². The Labute approximate surface area is 135 Å². The Kier molecular flexibility index (Phi) is 4.62. The van der Waals surface area contributed by atoms with Crippen LogP contribution >= 0.6 is 15.9 Å². The van der Waals surface area contributed by atoms with E-state index in [1.165, 1.54) is 4.90 Å². The van der Waals surface area contributed by atoms with Crippen molar-refractivity contribution in [2.24, 2.45) is 0 Å². The van der Waals surface area contributed by atoms with Gasteiger partial charge in [-0.3, -0.25) is 9.36 Å². The number of halogens is 1. The van der Waals surface area contributed by atoms with Crippen LogP contribution in [0.4, 0.5) is 0 Å². The van der Waals surface area contributed by atoms with Gasteiger partial charge in [0.25, 0.3) is 0 Å². The maximum absolute atomic E-state index is 12.1. The van der Waals surface area contributed by atoms with Crippen molar-refractivity contribution in [2.45, 2.75) is 6.54 Å². The highest BCUT2D eigenvalue weighted by molar-refractivity contribution is 9.10. The molecule has 3 rings (SSSR count). The van der Waals surface area contributed by atoms with Crippen LogP contribution in [0.1, 0.15) is 0 Å². The third kappa shape index (κ3) is 2.88. The number of rotatable bonds is 3. The number of fused-ring (bicyclic) bond motifs is 1. The van der Waals surface area contributed by atoms with E-state index in [-0.39, 0.29) is 17.9 Å². The minimum atomic E-state index is -0.0353. The van der Waals surface area contributed by atoms with E-state index >= 15 is 0 Å². The second-order valence-corrected chi connectivity index (χ2v) is 5.54. The number of hydrogen-bond donors (Lipinski definition) is 0. The van der Waals surface area contributed by atoms with Gasteiger partial charge in [-0.05, 0) is 40.2 Å². The van der Waals surface area contributed by atoms with E-state index in [4.69, 9.17) is 4.42 Å². The van der Waals surface area contributed by atoms with Crippen LogP contribution in [0, 0.1) is 0 Å². The predicted molar refractivity (Wildman–Crippen MR) is 85.2 cm³/mol. The first kappa shape index (κ1) is 16.2. The zero-order valence-electron chi connectivity index (χ0n) is 12.1. The van der Waals surface area contributed by atoms with Crippen molar-refractivity contribution in [3.05, 3.63) is 35.1 Å². The van der Waals surface area contributed by atoms with Gasteiger partial charge in [0.05, 0.1) is 0 Å². The summed E-state index contributed by atoms with van der Waals surface area (Å²) < 4.78 is 7.94. The van der Waals surface area contributed by atoms with Crippen molar-refractivity contribution in [1.29, 1.82) is 0 Å². The molecule has 7 nitrogen and oxygen atoms in total. The van der Waals surface area contributed by atoms with Crippen molar-refractivity contribution in [1.82, 2.24) is 19.4 Å². The molecule has 3 aromatic heterocycles. The SMILES string of the molecule is CN(C)C(=O)Cn1c(-c2ccc(Br)o2)nc2cccnc21.O. The van der Waals surface area contributed by atoms with Crippen LogP contribution in [-0.2, 0) is 11.3 Å². The first-order chi connectivity index (χ1) is 10.1. The zero-order valence-corrected chi connectivity index (χ0v) is 13.7. The van der Waals surface area contributed by atoms with Crippen molar-refractivity contribution >= 4 is 33.0 Å². The fourth-order valence-electron chi connectivity index (χ4n) is 2.01. The van der Waals surface area contributed by atoms with Gasteiger partial charge in [-0.15, -0.1) is 0 Å². The standard InChI is InChI=1S/C14H13BrN4O2.H2O/c1-18(2)12(20)8-19-13-9(4-3-7-16-13)17-14(19)10-5-6-11(15)21-10;/h3-7H,8H2,1-2H3;1H2. The van der Waals surface area contributed by atoms with Crippen LogP contribution in [0.25, 0.3) is 22.7 Å². The molecule has 22 heavy (non-hydrogen) atoms. The lowest BCUT2D eigenvalue weighted by Gasteiger charge is -2.12. The number of carbonyl (C=O) groups excluding carboxylic acids is 1. The monoisotopic (exact) mass is 366 g/mol. The number of hydrogen-bond acceptors (Lipinski definition) is 4. The molecule has 3 aromatic rings. The van der Waals surface area contributed by atoms with Gasteiger partial charge in [0.1, 0.15) is 12.1 Å². The summed E-state index contributed by atoms with van der Waals surface area (Å²) >= 11 is 3.28. The van der Waals surface area contributed by atoms with E-state index in [0.717, 1.165) is 5.52 Å². The largest absolute Gasteiger partial charge is 0.446 e. The number of imidazole rings is 1. The van der Waals surface area contributed by atoms with E-state index in [1.807, 2.05) is 18.2 Å². The van der Waals surface area contributed by atoms with E-state index in [1.54, 1.807) is 30.9 Å². The number of furan rings is 1. The topological polar surface area (TPSA) is 95.7 Å². The molecular formula is C14H15BrN4O3. The fraction of sp³-hybridized carbons (Fsp3) is 0.214. The molecule has 0 aliphatic rings. The molecule has 2 N–H and O–H groups in total. The first-order valence-corrected chi connectivity index (χ1v) is 7.12. The van der Waals surface area contributed by atoms with Crippen LogP contribution in [0.3, 0.4) is 0 Å². The molecule has 0 spiro atoms. The van der Waals surface area contributed by atoms with Gasteiger partial charge >= 0.3 is 0 Å². The highest BCUT2D eigenvalue weighted by Crippen LogP contribution is 2.27. The molecule has 0 bridgehead atoms. The molecule has 0 aliphatic heterocycles. The average Bonchev–Trinajstić information content (AvgIpc) is 3.03. The molecule has 0 aliphatic carbocycles. The second kappa shape index (κ2) is 6.29. The summed E-state index contributed by atoms with van der Waals surface area (Å²) in [6, 6.07) is 7.28. The highest BCUT2D eigenvalue weighted by Gasteiger charge is 2.19. The van der Waals surface area contributed by atoms with Crippen LogP contribution in [-0.4, -0.2) is 44.9 Å². The summed E-state index contributed by atoms with van der Waals surface area (Å²) in [6.45, 7) is 0.161. The minimum absolute atomic E-state index is 0.